The molecule has 0 aliphatic carbocycles. The summed E-state index contributed by atoms with van der Waals surface area (Å²) in [7, 11) is 0. The first-order valence-corrected chi connectivity index (χ1v) is 5.52. The first kappa shape index (κ1) is 15.6. The first-order chi connectivity index (χ1) is 7.82. The van der Waals surface area contributed by atoms with Crippen LogP contribution in [0.15, 0.2) is 0 Å². The number of imide groups is 1. The standard InChI is InChI=1S/C5H8BrNO3.C4H5NO2/c1-4(8)7(6)3-2-5(9)10;6-3-1-2-4(7)5-3/h2-3H2,1H3,(H,9,10);1-2H2,(H,5,6,7). The Hall–Kier alpha value is -1.44. The van der Waals surface area contributed by atoms with Crippen molar-refractivity contribution in [2.45, 2.75) is 26.2 Å². The maximum absolute atomic E-state index is 10.4. The van der Waals surface area contributed by atoms with E-state index in [-0.39, 0.29) is 30.7 Å². The Morgan fingerprint density at radius 2 is 1.82 bits per heavy atom. The van der Waals surface area contributed by atoms with Crippen molar-refractivity contribution < 1.29 is 24.3 Å². The largest absolute Gasteiger partial charge is 0.481 e. The molecule has 1 aliphatic heterocycles. The number of carbonyl (C=O) groups excluding carboxylic acids is 3. The molecule has 2 N–H and O–H groups in total. The van der Waals surface area contributed by atoms with Crippen LogP contribution >= 0.6 is 16.1 Å². The van der Waals surface area contributed by atoms with E-state index in [2.05, 4.69) is 21.5 Å². The number of aliphatic carboxylic acids is 1. The topological polar surface area (TPSA) is 104 Å². The molecule has 1 rings (SSSR count). The van der Waals surface area contributed by atoms with Crippen LogP contribution in [0.25, 0.3) is 0 Å². The lowest BCUT2D eigenvalue weighted by molar-refractivity contribution is -0.137. The summed E-state index contributed by atoms with van der Waals surface area (Å²) in [4.78, 5) is 40.7. The van der Waals surface area contributed by atoms with Crippen LogP contribution in [0.1, 0.15) is 26.2 Å². The zero-order chi connectivity index (χ0) is 13.4. The summed E-state index contributed by atoms with van der Waals surface area (Å²) in [5, 5.41) is 10.3. The first-order valence-electron chi connectivity index (χ1n) is 4.81. The van der Waals surface area contributed by atoms with Crippen molar-refractivity contribution in [2.75, 3.05) is 6.54 Å². The number of hydrogen-bond donors (Lipinski definition) is 2. The van der Waals surface area contributed by atoms with Crippen molar-refractivity contribution in [3.8, 4) is 0 Å². The molecule has 0 aromatic rings. The number of halogens is 1. The highest BCUT2D eigenvalue weighted by Gasteiger charge is 2.15. The van der Waals surface area contributed by atoms with Gasteiger partial charge in [-0.25, -0.2) is 0 Å². The average Bonchev–Trinajstić information content (AvgIpc) is 2.59. The fourth-order valence-corrected chi connectivity index (χ4v) is 1.04. The summed E-state index contributed by atoms with van der Waals surface area (Å²) in [5.41, 5.74) is 0. The van der Waals surface area contributed by atoms with Gasteiger partial charge in [-0.15, -0.1) is 0 Å². The Balaban J connectivity index is 0.000000318. The van der Waals surface area contributed by atoms with Gasteiger partial charge in [0.2, 0.25) is 17.7 Å². The maximum Gasteiger partial charge on any atom is 0.305 e. The fourth-order valence-electron chi connectivity index (χ4n) is 0.859. The number of carboxylic acids is 1. The van der Waals surface area contributed by atoms with Gasteiger partial charge in [0.1, 0.15) is 0 Å². The number of amides is 3. The zero-order valence-corrected chi connectivity index (χ0v) is 10.8. The van der Waals surface area contributed by atoms with E-state index in [4.69, 9.17) is 5.11 Å². The van der Waals surface area contributed by atoms with Gasteiger partial charge in [-0.1, -0.05) is 0 Å². The van der Waals surface area contributed by atoms with E-state index in [1.165, 1.54) is 10.8 Å². The van der Waals surface area contributed by atoms with Crippen molar-refractivity contribution in [3.05, 3.63) is 0 Å². The van der Waals surface area contributed by atoms with Crippen molar-refractivity contribution in [1.82, 2.24) is 9.24 Å². The normalized spacial score (nSPS) is 13.5. The molecule has 0 radical (unpaired) electrons. The van der Waals surface area contributed by atoms with E-state index in [9.17, 15) is 19.2 Å². The second-order valence-corrected chi connectivity index (χ2v) is 4.08. The van der Waals surface area contributed by atoms with Crippen LogP contribution < -0.4 is 5.32 Å². The molecule has 1 fully saturated rings. The highest BCUT2D eigenvalue weighted by molar-refractivity contribution is 9.07. The Labute approximate surface area is 106 Å². The molecule has 0 bridgehead atoms. The van der Waals surface area contributed by atoms with Gasteiger partial charge >= 0.3 is 5.97 Å². The van der Waals surface area contributed by atoms with E-state index >= 15 is 0 Å². The number of carbonyl (C=O) groups is 4. The quantitative estimate of drug-likeness (QED) is 0.566. The van der Waals surface area contributed by atoms with E-state index in [0.717, 1.165) is 0 Å². The third kappa shape index (κ3) is 8.38. The molecule has 1 aliphatic rings. The van der Waals surface area contributed by atoms with Gasteiger partial charge in [0, 0.05) is 26.3 Å². The molecule has 8 heteroatoms. The van der Waals surface area contributed by atoms with Gasteiger partial charge in [0.15, 0.2) is 0 Å². The predicted octanol–water partition coefficient (Wildman–Crippen LogP) is 0.0425. The monoisotopic (exact) mass is 308 g/mol. The van der Waals surface area contributed by atoms with Gasteiger partial charge in [-0.05, 0) is 0 Å². The number of carboxylic acid groups (broad SMARTS) is 1. The lowest BCUT2D eigenvalue weighted by Gasteiger charge is -2.08. The van der Waals surface area contributed by atoms with E-state index < -0.39 is 5.97 Å². The molecular formula is C9H13BrN2O5. The van der Waals surface area contributed by atoms with Gasteiger partial charge in [0.05, 0.1) is 22.6 Å². The predicted molar refractivity (Wildman–Crippen MR) is 61.0 cm³/mol. The Morgan fingerprint density at radius 3 is 2.06 bits per heavy atom. The van der Waals surface area contributed by atoms with Crippen LogP contribution in [0.2, 0.25) is 0 Å². The summed E-state index contributed by atoms with van der Waals surface area (Å²) in [5.74, 6) is -1.40. The molecule has 1 heterocycles. The van der Waals surface area contributed by atoms with Gasteiger partial charge in [-0.2, -0.15) is 0 Å². The number of rotatable bonds is 3. The van der Waals surface area contributed by atoms with Crippen LogP contribution in [0, 0.1) is 0 Å². The van der Waals surface area contributed by atoms with Gasteiger partial charge in [0.25, 0.3) is 0 Å². The minimum absolute atomic E-state index is 0.0369. The molecule has 0 atom stereocenters. The number of hydrogen-bond acceptors (Lipinski definition) is 4. The van der Waals surface area contributed by atoms with E-state index in [1.807, 2.05) is 0 Å². The lowest BCUT2D eigenvalue weighted by atomic mass is 10.4. The molecular weight excluding hydrogens is 296 g/mol. The minimum atomic E-state index is -0.911. The summed E-state index contributed by atoms with van der Waals surface area (Å²) in [6, 6.07) is 0. The molecule has 3 amide bonds. The van der Waals surface area contributed by atoms with Crippen LogP contribution in [0.4, 0.5) is 0 Å². The Bertz CT molecular complexity index is 317. The smallest absolute Gasteiger partial charge is 0.305 e. The lowest BCUT2D eigenvalue weighted by Crippen LogP contribution is -2.20. The van der Waals surface area contributed by atoms with Crippen LogP contribution in [-0.4, -0.2) is 39.3 Å². The molecule has 7 nitrogen and oxygen atoms in total. The molecule has 0 aromatic carbocycles. The van der Waals surface area contributed by atoms with Crippen molar-refractivity contribution in [3.63, 3.8) is 0 Å². The Morgan fingerprint density at radius 1 is 1.35 bits per heavy atom. The van der Waals surface area contributed by atoms with Crippen LogP contribution in [0.5, 0.6) is 0 Å². The summed E-state index contributed by atoms with van der Waals surface area (Å²) in [6.07, 6.45) is 0.711. The molecule has 0 unspecified atom stereocenters. The summed E-state index contributed by atoms with van der Waals surface area (Å²) >= 11 is 2.89. The number of nitrogens with zero attached hydrogens (tertiary/aromatic N) is 1. The zero-order valence-electron chi connectivity index (χ0n) is 9.23. The number of nitrogens with one attached hydrogen (secondary N) is 1. The molecule has 0 saturated carbocycles. The van der Waals surface area contributed by atoms with E-state index in [1.54, 1.807) is 0 Å². The van der Waals surface area contributed by atoms with Crippen molar-refractivity contribution in [1.29, 1.82) is 0 Å². The highest BCUT2D eigenvalue weighted by Crippen LogP contribution is 1.99. The summed E-state index contributed by atoms with van der Waals surface area (Å²) < 4.78 is 1.18. The maximum atomic E-state index is 10.4. The second kappa shape index (κ2) is 7.77. The van der Waals surface area contributed by atoms with Gasteiger partial charge in [-0.3, -0.25) is 28.4 Å². The van der Waals surface area contributed by atoms with Crippen molar-refractivity contribution in [2.24, 2.45) is 0 Å². The van der Waals surface area contributed by atoms with Crippen LogP contribution in [-0.2, 0) is 19.2 Å². The molecule has 1 saturated heterocycles. The van der Waals surface area contributed by atoms with Crippen LogP contribution in [0.3, 0.4) is 0 Å². The highest BCUT2D eigenvalue weighted by atomic mass is 79.9. The fraction of sp³-hybridized carbons (Fsp3) is 0.556. The molecule has 0 aromatic heterocycles. The third-order valence-electron chi connectivity index (χ3n) is 1.72. The second-order valence-electron chi connectivity index (χ2n) is 3.22. The molecule has 0 spiro atoms. The average molecular weight is 309 g/mol. The molecule has 17 heavy (non-hydrogen) atoms. The molecule has 96 valence electrons. The van der Waals surface area contributed by atoms with E-state index in [0.29, 0.717) is 12.8 Å². The minimum Gasteiger partial charge on any atom is -0.481 e. The van der Waals surface area contributed by atoms with Crippen molar-refractivity contribution >= 4 is 39.8 Å². The Kier molecular flexibility index (Phi) is 7.11. The van der Waals surface area contributed by atoms with Gasteiger partial charge < -0.3 is 5.11 Å². The SMILES string of the molecule is CC(=O)N(Br)CCC(=O)O.O=C1CCC(=O)N1. The summed E-state index contributed by atoms with van der Waals surface area (Å²) in [6.45, 7) is 1.56. The third-order valence-corrected chi connectivity index (χ3v) is 2.58.